The van der Waals surface area contributed by atoms with Crippen LogP contribution in [0.5, 0.6) is 0 Å². The Morgan fingerprint density at radius 1 is 1.00 bits per heavy atom. The second-order valence-electron chi connectivity index (χ2n) is 6.07. The second kappa shape index (κ2) is 8.82. The van der Waals surface area contributed by atoms with Crippen molar-refractivity contribution in [1.29, 1.82) is 0 Å². The monoisotopic (exact) mass is 375 g/mol. The Morgan fingerprint density at radius 2 is 1.54 bits per heavy atom. The number of benzene rings is 2. The van der Waals surface area contributed by atoms with Gasteiger partial charge < -0.3 is 5.32 Å². The second-order valence-corrected chi connectivity index (χ2v) is 8.14. The molecular formula is C19H25N3O3S. The highest BCUT2D eigenvalue weighted by Crippen LogP contribution is 2.20. The van der Waals surface area contributed by atoms with E-state index in [1.54, 1.807) is 30.3 Å². The van der Waals surface area contributed by atoms with Crippen molar-refractivity contribution >= 4 is 21.8 Å². The predicted molar refractivity (Wildman–Crippen MR) is 104 cm³/mol. The fourth-order valence-corrected chi connectivity index (χ4v) is 3.64. The number of amides is 1. The van der Waals surface area contributed by atoms with E-state index in [9.17, 15) is 13.2 Å². The molecule has 0 bridgehead atoms. The van der Waals surface area contributed by atoms with E-state index in [2.05, 4.69) is 5.32 Å². The molecule has 0 heterocycles. The summed E-state index contributed by atoms with van der Waals surface area (Å²) in [6.07, 6.45) is 0.710. The van der Waals surface area contributed by atoms with Crippen LogP contribution in [-0.4, -0.2) is 39.3 Å². The van der Waals surface area contributed by atoms with Gasteiger partial charge in [0.05, 0.1) is 11.7 Å². The lowest BCUT2D eigenvalue weighted by Gasteiger charge is -2.28. The lowest BCUT2D eigenvalue weighted by molar-refractivity contribution is -0.120. The van der Waals surface area contributed by atoms with Crippen LogP contribution in [0.3, 0.4) is 0 Å². The third kappa shape index (κ3) is 4.83. The van der Waals surface area contributed by atoms with Gasteiger partial charge in [0.1, 0.15) is 6.54 Å². The Bertz CT molecular complexity index is 808. The van der Waals surface area contributed by atoms with Gasteiger partial charge in [0.25, 0.3) is 0 Å². The van der Waals surface area contributed by atoms with Gasteiger partial charge in [-0.05, 0) is 24.1 Å². The van der Waals surface area contributed by atoms with Gasteiger partial charge in [-0.25, -0.2) is 4.31 Å². The number of anilines is 1. The van der Waals surface area contributed by atoms with E-state index in [0.717, 1.165) is 14.2 Å². The normalized spacial score (nSPS) is 12.6. The average Bonchev–Trinajstić information content (AvgIpc) is 2.65. The Morgan fingerprint density at radius 3 is 2.04 bits per heavy atom. The first-order chi connectivity index (χ1) is 12.4. The topological polar surface area (TPSA) is 69.7 Å². The molecule has 0 spiro atoms. The van der Waals surface area contributed by atoms with Crippen LogP contribution >= 0.6 is 0 Å². The molecule has 0 saturated carbocycles. The molecule has 0 aliphatic rings. The van der Waals surface area contributed by atoms with Crippen LogP contribution in [0.25, 0.3) is 0 Å². The van der Waals surface area contributed by atoms with Crippen molar-refractivity contribution in [3.8, 4) is 0 Å². The first-order valence-electron chi connectivity index (χ1n) is 8.45. The summed E-state index contributed by atoms with van der Waals surface area (Å²) in [4.78, 5) is 12.6. The van der Waals surface area contributed by atoms with E-state index < -0.39 is 10.2 Å². The van der Waals surface area contributed by atoms with Crippen molar-refractivity contribution in [2.45, 2.75) is 19.4 Å². The van der Waals surface area contributed by atoms with Crippen LogP contribution in [0.15, 0.2) is 60.7 Å². The zero-order valence-electron chi connectivity index (χ0n) is 15.3. The number of carbonyl (C=O) groups excluding carboxylic acids is 1. The first-order valence-corrected chi connectivity index (χ1v) is 9.85. The summed E-state index contributed by atoms with van der Waals surface area (Å²) < 4.78 is 27.5. The maximum atomic E-state index is 12.7. The number of nitrogens with one attached hydrogen (secondary N) is 1. The fourth-order valence-electron chi connectivity index (χ4n) is 2.57. The molecule has 0 fully saturated rings. The minimum Gasteiger partial charge on any atom is -0.348 e. The zero-order chi connectivity index (χ0) is 19.2. The summed E-state index contributed by atoms with van der Waals surface area (Å²) in [6, 6.07) is 18.1. The fraction of sp³-hybridized carbons (Fsp3) is 0.316. The van der Waals surface area contributed by atoms with E-state index in [1.807, 2.05) is 37.3 Å². The summed E-state index contributed by atoms with van der Waals surface area (Å²) >= 11 is 0. The standard InChI is InChI=1S/C19H25N3O3S/c1-4-18(16-11-7-5-8-12-16)20-19(23)15-22(26(24,25)21(2)3)17-13-9-6-10-14-17/h5-14,18H,4,15H2,1-3H3,(H,20,23)/t18-/m0/s1. The van der Waals surface area contributed by atoms with Crippen LogP contribution in [0, 0.1) is 0 Å². The third-order valence-electron chi connectivity index (χ3n) is 4.02. The molecule has 2 aromatic rings. The largest absolute Gasteiger partial charge is 0.348 e. The van der Waals surface area contributed by atoms with Gasteiger partial charge in [-0.3, -0.25) is 4.79 Å². The van der Waals surface area contributed by atoms with E-state index in [0.29, 0.717) is 12.1 Å². The number of para-hydroxylation sites is 1. The van der Waals surface area contributed by atoms with Crippen molar-refractivity contribution in [3.63, 3.8) is 0 Å². The number of rotatable bonds is 8. The number of carbonyl (C=O) groups is 1. The van der Waals surface area contributed by atoms with Gasteiger partial charge in [-0.15, -0.1) is 0 Å². The Hall–Kier alpha value is -2.38. The molecule has 1 N–H and O–H groups in total. The third-order valence-corrected chi connectivity index (χ3v) is 5.84. The van der Waals surface area contributed by atoms with Gasteiger partial charge in [0, 0.05) is 14.1 Å². The summed E-state index contributed by atoms with van der Waals surface area (Å²) in [5.74, 6) is -0.352. The summed E-state index contributed by atoms with van der Waals surface area (Å²) in [7, 11) is -0.896. The van der Waals surface area contributed by atoms with Crippen molar-refractivity contribution in [2.24, 2.45) is 0 Å². The van der Waals surface area contributed by atoms with Gasteiger partial charge >= 0.3 is 10.2 Å². The van der Waals surface area contributed by atoms with E-state index >= 15 is 0 Å². The minimum atomic E-state index is -3.79. The molecular weight excluding hydrogens is 350 g/mol. The lowest BCUT2D eigenvalue weighted by atomic mass is 10.0. The van der Waals surface area contributed by atoms with Gasteiger partial charge in [0.15, 0.2) is 0 Å². The van der Waals surface area contributed by atoms with Crippen LogP contribution in [0.4, 0.5) is 5.69 Å². The van der Waals surface area contributed by atoms with Crippen molar-refractivity contribution in [3.05, 3.63) is 66.2 Å². The Labute approximate surface area is 155 Å². The Balaban J connectivity index is 2.21. The molecule has 0 saturated heterocycles. The van der Waals surface area contributed by atoms with Crippen LogP contribution in [0.2, 0.25) is 0 Å². The summed E-state index contributed by atoms with van der Waals surface area (Å²) in [6.45, 7) is 1.69. The van der Waals surface area contributed by atoms with Gasteiger partial charge in [-0.1, -0.05) is 55.5 Å². The Kier molecular flexibility index (Phi) is 6.76. The highest BCUT2D eigenvalue weighted by molar-refractivity contribution is 7.90. The minimum absolute atomic E-state index is 0.164. The van der Waals surface area contributed by atoms with Crippen LogP contribution in [-0.2, 0) is 15.0 Å². The summed E-state index contributed by atoms with van der Waals surface area (Å²) in [5.41, 5.74) is 1.44. The first kappa shape index (κ1) is 19.9. The van der Waals surface area contributed by atoms with Gasteiger partial charge in [0.2, 0.25) is 5.91 Å². The number of nitrogens with zero attached hydrogens (tertiary/aromatic N) is 2. The lowest BCUT2D eigenvalue weighted by Crippen LogP contribution is -2.46. The SMILES string of the molecule is CC[C@H](NC(=O)CN(c1ccccc1)S(=O)(=O)N(C)C)c1ccccc1. The average molecular weight is 375 g/mol. The van der Waals surface area contributed by atoms with Crippen molar-refractivity contribution < 1.29 is 13.2 Å². The number of hydrogen-bond acceptors (Lipinski definition) is 3. The molecule has 0 radical (unpaired) electrons. The smallest absolute Gasteiger partial charge is 0.304 e. The molecule has 1 amide bonds. The molecule has 2 aromatic carbocycles. The number of hydrogen-bond donors (Lipinski definition) is 1. The molecule has 0 aromatic heterocycles. The summed E-state index contributed by atoms with van der Waals surface area (Å²) in [5, 5.41) is 2.93. The quantitative estimate of drug-likeness (QED) is 0.771. The van der Waals surface area contributed by atoms with Crippen LogP contribution in [0.1, 0.15) is 24.9 Å². The molecule has 140 valence electrons. The predicted octanol–water partition coefficient (Wildman–Crippen LogP) is 2.57. The maximum Gasteiger partial charge on any atom is 0.304 e. The molecule has 0 aliphatic carbocycles. The van der Waals surface area contributed by atoms with Crippen molar-refractivity contribution in [2.75, 3.05) is 24.9 Å². The van der Waals surface area contributed by atoms with Crippen LogP contribution < -0.4 is 9.62 Å². The maximum absolute atomic E-state index is 12.7. The molecule has 6 nitrogen and oxygen atoms in total. The highest BCUT2D eigenvalue weighted by atomic mass is 32.2. The molecule has 2 rings (SSSR count). The zero-order valence-corrected chi connectivity index (χ0v) is 16.1. The molecule has 1 atom stereocenters. The van der Waals surface area contributed by atoms with E-state index in [1.165, 1.54) is 14.1 Å². The van der Waals surface area contributed by atoms with Crippen molar-refractivity contribution in [1.82, 2.24) is 9.62 Å². The highest BCUT2D eigenvalue weighted by Gasteiger charge is 2.27. The molecule has 0 aliphatic heterocycles. The molecule has 26 heavy (non-hydrogen) atoms. The van der Waals surface area contributed by atoms with E-state index in [-0.39, 0.29) is 18.5 Å². The van der Waals surface area contributed by atoms with E-state index in [4.69, 9.17) is 0 Å². The van der Waals surface area contributed by atoms with Gasteiger partial charge in [-0.2, -0.15) is 12.7 Å². The molecule has 7 heteroatoms. The molecule has 0 unspecified atom stereocenters.